The Hall–Kier alpha value is -3.16. The number of oxazole rings is 1. The molecule has 1 amide bonds. The molecule has 6 rings (SSSR count). The fraction of sp³-hybridized carbons (Fsp3) is 0.478. The Balaban J connectivity index is 1.12. The van der Waals surface area contributed by atoms with Gasteiger partial charge in [-0.1, -0.05) is 6.07 Å². The number of nitrogens with one attached hydrogen (secondary N) is 1. The summed E-state index contributed by atoms with van der Waals surface area (Å²) in [6.45, 7) is 4.29. The van der Waals surface area contributed by atoms with Gasteiger partial charge >= 0.3 is 0 Å². The highest BCUT2D eigenvalue weighted by Crippen LogP contribution is 2.46. The molecule has 0 spiro atoms. The molecule has 0 radical (unpaired) electrons. The molecule has 1 saturated heterocycles. The predicted octanol–water partition coefficient (Wildman–Crippen LogP) is 2.58. The van der Waals surface area contributed by atoms with Gasteiger partial charge in [-0.15, -0.1) is 0 Å². The Labute approximate surface area is 180 Å². The number of pyridine rings is 1. The number of hydrogen-bond acceptors (Lipinski definition) is 6. The van der Waals surface area contributed by atoms with Crippen LogP contribution in [0.1, 0.15) is 58.0 Å². The monoisotopic (exact) mass is 418 g/mol. The molecule has 2 unspecified atom stereocenters. The zero-order chi connectivity index (χ0) is 21.1. The van der Waals surface area contributed by atoms with Gasteiger partial charge < -0.3 is 19.2 Å². The second-order valence-corrected chi connectivity index (χ2v) is 9.12. The highest BCUT2D eigenvalue weighted by atomic mass is 16.4. The molecule has 3 aromatic heterocycles. The summed E-state index contributed by atoms with van der Waals surface area (Å²) in [5, 5.41) is 3.03. The zero-order valence-electron chi connectivity index (χ0n) is 17.8. The van der Waals surface area contributed by atoms with Crippen LogP contribution in [0.4, 0.5) is 5.82 Å². The smallest absolute Gasteiger partial charge is 0.289 e. The Bertz CT molecular complexity index is 1150. The topological polar surface area (TPSA) is 89.1 Å². The van der Waals surface area contributed by atoms with Crippen LogP contribution in [0.3, 0.4) is 0 Å². The van der Waals surface area contributed by atoms with E-state index in [-0.39, 0.29) is 17.7 Å². The SMILES string of the molecule is Cc1nc(N2CC3CC3C2)ccc1Cc1ncc(C(=O)N[C@@H]2CCc3c2ncn3C)o1. The highest BCUT2D eigenvalue weighted by Gasteiger charge is 2.45. The Morgan fingerprint density at radius 1 is 1.26 bits per heavy atom. The van der Waals surface area contributed by atoms with Gasteiger partial charge in [0, 0.05) is 31.5 Å². The van der Waals surface area contributed by atoms with Gasteiger partial charge in [0.1, 0.15) is 5.82 Å². The van der Waals surface area contributed by atoms with E-state index in [9.17, 15) is 4.79 Å². The molecule has 160 valence electrons. The first-order valence-corrected chi connectivity index (χ1v) is 11.0. The summed E-state index contributed by atoms with van der Waals surface area (Å²) >= 11 is 0. The van der Waals surface area contributed by atoms with E-state index in [1.54, 1.807) is 6.33 Å². The maximum Gasteiger partial charge on any atom is 0.289 e. The van der Waals surface area contributed by atoms with Crippen LogP contribution in [0.2, 0.25) is 0 Å². The molecule has 0 aromatic carbocycles. The van der Waals surface area contributed by atoms with Gasteiger partial charge in [-0.05, 0) is 49.7 Å². The first-order chi connectivity index (χ1) is 15.0. The molecule has 31 heavy (non-hydrogen) atoms. The predicted molar refractivity (Wildman–Crippen MR) is 114 cm³/mol. The molecule has 8 heteroatoms. The van der Waals surface area contributed by atoms with Crippen molar-refractivity contribution in [1.29, 1.82) is 0 Å². The molecule has 2 fully saturated rings. The fourth-order valence-electron chi connectivity index (χ4n) is 5.04. The van der Waals surface area contributed by atoms with Crippen LogP contribution in [0.5, 0.6) is 0 Å². The average Bonchev–Trinajstić information content (AvgIpc) is 3.22. The van der Waals surface area contributed by atoms with Gasteiger partial charge in [0.05, 0.1) is 30.7 Å². The van der Waals surface area contributed by atoms with Crippen LogP contribution >= 0.6 is 0 Å². The summed E-state index contributed by atoms with van der Waals surface area (Å²) in [6, 6.07) is 4.12. The van der Waals surface area contributed by atoms with Crippen molar-refractivity contribution < 1.29 is 9.21 Å². The van der Waals surface area contributed by atoms with Crippen molar-refractivity contribution >= 4 is 11.7 Å². The number of aryl methyl sites for hydroxylation is 2. The molecule has 3 aromatic rings. The number of hydrogen-bond donors (Lipinski definition) is 1. The summed E-state index contributed by atoms with van der Waals surface area (Å²) in [5.41, 5.74) is 4.18. The third-order valence-corrected chi connectivity index (χ3v) is 7.00. The number of fused-ring (bicyclic) bond motifs is 2. The van der Waals surface area contributed by atoms with Crippen LogP contribution in [0.15, 0.2) is 29.1 Å². The number of aromatic nitrogens is 4. The van der Waals surface area contributed by atoms with E-state index in [4.69, 9.17) is 9.40 Å². The molecule has 1 saturated carbocycles. The van der Waals surface area contributed by atoms with E-state index in [2.05, 4.69) is 32.3 Å². The molecule has 2 aliphatic carbocycles. The van der Waals surface area contributed by atoms with Gasteiger partial charge in [-0.3, -0.25) is 4.79 Å². The molecule has 1 N–H and O–H groups in total. The first kappa shape index (κ1) is 18.6. The fourth-order valence-corrected chi connectivity index (χ4v) is 5.04. The molecule has 3 atom stereocenters. The summed E-state index contributed by atoms with van der Waals surface area (Å²) in [6.07, 6.45) is 6.98. The van der Waals surface area contributed by atoms with Gasteiger partial charge in [0.2, 0.25) is 5.76 Å². The average molecular weight is 419 g/mol. The molecule has 8 nitrogen and oxygen atoms in total. The Morgan fingerprint density at radius 2 is 2.10 bits per heavy atom. The molecule has 3 aliphatic rings. The summed E-state index contributed by atoms with van der Waals surface area (Å²) in [4.78, 5) is 28.6. The number of anilines is 1. The molecule has 4 heterocycles. The summed E-state index contributed by atoms with van der Waals surface area (Å²) in [5.74, 6) is 3.33. The molecule has 1 aliphatic heterocycles. The third kappa shape index (κ3) is 3.30. The normalized spacial score (nSPS) is 23.7. The van der Waals surface area contributed by atoms with Crippen molar-refractivity contribution in [2.45, 2.75) is 38.6 Å². The van der Waals surface area contributed by atoms with Gasteiger partial charge in [0.15, 0.2) is 5.89 Å². The van der Waals surface area contributed by atoms with Crippen molar-refractivity contribution in [3.8, 4) is 0 Å². The summed E-state index contributed by atoms with van der Waals surface area (Å²) < 4.78 is 7.79. The lowest BCUT2D eigenvalue weighted by Crippen LogP contribution is -2.27. The van der Waals surface area contributed by atoms with Crippen LogP contribution < -0.4 is 10.2 Å². The van der Waals surface area contributed by atoms with E-state index in [0.717, 1.165) is 60.5 Å². The van der Waals surface area contributed by atoms with Crippen molar-refractivity contribution in [2.75, 3.05) is 18.0 Å². The standard InChI is InChI=1S/C23H26N6O2/c1-13-14(3-6-20(26-13)29-10-15-7-16(15)11-29)8-21-24-9-19(31-21)23(30)27-17-4-5-18-22(17)25-12-28(18)2/h3,6,9,12,15-17H,4-5,7-8,10-11H2,1-2H3,(H,27,30)/t15?,16?,17-/m1/s1. The van der Waals surface area contributed by atoms with Crippen LogP contribution in [-0.4, -0.2) is 38.5 Å². The number of carbonyl (C=O) groups is 1. The maximum absolute atomic E-state index is 12.7. The van der Waals surface area contributed by atoms with Crippen LogP contribution in [0.25, 0.3) is 0 Å². The number of carbonyl (C=O) groups excluding carboxylic acids is 1. The largest absolute Gasteiger partial charge is 0.435 e. The second kappa shape index (κ2) is 6.93. The number of nitrogens with zero attached hydrogens (tertiary/aromatic N) is 5. The Kier molecular flexibility index (Phi) is 4.16. The highest BCUT2D eigenvalue weighted by molar-refractivity contribution is 5.91. The van der Waals surface area contributed by atoms with E-state index in [1.165, 1.54) is 18.3 Å². The minimum atomic E-state index is -0.250. The third-order valence-electron chi connectivity index (χ3n) is 7.00. The number of rotatable bonds is 5. The second-order valence-electron chi connectivity index (χ2n) is 9.12. The van der Waals surface area contributed by atoms with Gasteiger partial charge in [0.25, 0.3) is 5.91 Å². The minimum absolute atomic E-state index is 0.0761. The molecular weight excluding hydrogens is 392 g/mol. The lowest BCUT2D eigenvalue weighted by Gasteiger charge is -2.20. The van der Waals surface area contributed by atoms with Gasteiger partial charge in [-0.2, -0.15) is 0 Å². The van der Waals surface area contributed by atoms with Crippen molar-refractivity contribution in [3.05, 3.63) is 59.0 Å². The summed E-state index contributed by atoms with van der Waals surface area (Å²) in [7, 11) is 1.98. The van der Waals surface area contributed by atoms with Gasteiger partial charge in [-0.25, -0.2) is 15.0 Å². The van der Waals surface area contributed by atoms with E-state index >= 15 is 0 Å². The number of piperidine rings is 1. The van der Waals surface area contributed by atoms with E-state index in [1.807, 2.05) is 18.5 Å². The zero-order valence-corrected chi connectivity index (χ0v) is 17.8. The first-order valence-electron chi connectivity index (χ1n) is 11.0. The lowest BCUT2D eigenvalue weighted by molar-refractivity contribution is 0.0906. The van der Waals surface area contributed by atoms with Crippen LogP contribution in [0, 0.1) is 18.8 Å². The lowest BCUT2D eigenvalue weighted by atomic mass is 10.1. The van der Waals surface area contributed by atoms with Crippen molar-refractivity contribution in [2.24, 2.45) is 18.9 Å². The van der Waals surface area contributed by atoms with Crippen molar-refractivity contribution in [1.82, 2.24) is 24.8 Å². The number of amides is 1. The molecule has 0 bridgehead atoms. The quantitative estimate of drug-likeness (QED) is 0.685. The minimum Gasteiger partial charge on any atom is -0.435 e. The Morgan fingerprint density at radius 3 is 2.90 bits per heavy atom. The van der Waals surface area contributed by atoms with E-state index < -0.39 is 0 Å². The maximum atomic E-state index is 12.7. The number of imidazole rings is 1. The van der Waals surface area contributed by atoms with Crippen molar-refractivity contribution in [3.63, 3.8) is 0 Å². The van der Waals surface area contributed by atoms with Crippen LogP contribution in [-0.2, 0) is 19.9 Å². The van der Waals surface area contributed by atoms with E-state index in [0.29, 0.717) is 12.3 Å². The molecular formula is C23H26N6O2.